The Morgan fingerprint density at radius 2 is 1.80 bits per heavy atom. The molecule has 0 saturated carbocycles. The van der Waals surface area contributed by atoms with Gasteiger partial charge in [-0.25, -0.2) is 4.79 Å². The molecule has 0 radical (unpaired) electrons. The minimum atomic E-state index is -0.732. The van der Waals surface area contributed by atoms with Gasteiger partial charge in [-0.15, -0.1) is 0 Å². The number of carbonyl (C=O) groups is 1. The maximum Gasteiger partial charge on any atom is 0.330 e. The second-order valence-electron chi connectivity index (χ2n) is 7.81. The number of methoxy groups -OCH3 is 3. The van der Waals surface area contributed by atoms with Crippen molar-refractivity contribution in [3.8, 4) is 11.5 Å². The molecule has 0 aliphatic carbocycles. The number of nitrogens with two attached hydrogens (primary N) is 1. The number of hydrogen-bond donors (Lipinski definition) is 2. The van der Waals surface area contributed by atoms with Crippen LogP contribution in [0.15, 0.2) is 58.1 Å². The second kappa shape index (κ2) is 11.9. The highest BCUT2D eigenvalue weighted by Crippen LogP contribution is 2.26. The zero-order valence-electron chi connectivity index (χ0n) is 20.1. The first-order valence-corrected chi connectivity index (χ1v) is 11.1. The van der Waals surface area contributed by atoms with Gasteiger partial charge in [0.25, 0.3) is 5.56 Å². The van der Waals surface area contributed by atoms with Crippen molar-refractivity contribution in [2.24, 2.45) is 0 Å². The first-order valence-electron chi connectivity index (χ1n) is 11.1. The minimum Gasteiger partial charge on any atom is -0.497 e. The molecule has 0 aliphatic heterocycles. The third-order valence-electron chi connectivity index (χ3n) is 5.53. The molecule has 3 rings (SSSR count). The smallest absolute Gasteiger partial charge is 0.330 e. The van der Waals surface area contributed by atoms with Crippen molar-refractivity contribution >= 4 is 17.4 Å². The van der Waals surface area contributed by atoms with Gasteiger partial charge in [0.05, 0.1) is 27.2 Å². The first kappa shape index (κ1) is 25.6. The van der Waals surface area contributed by atoms with Gasteiger partial charge in [0.1, 0.15) is 17.3 Å². The molecule has 1 aromatic heterocycles. The molecule has 3 N–H and O–H groups in total. The summed E-state index contributed by atoms with van der Waals surface area (Å²) in [6.45, 7) is 0.681. The van der Waals surface area contributed by atoms with Crippen molar-refractivity contribution in [1.82, 2.24) is 9.55 Å². The third kappa shape index (κ3) is 6.10. The third-order valence-corrected chi connectivity index (χ3v) is 5.53. The van der Waals surface area contributed by atoms with Crippen LogP contribution in [0.3, 0.4) is 0 Å². The van der Waals surface area contributed by atoms with Crippen molar-refractivity contribution in [3.05, 3.63) is 80.5 Å². The van der Waals surface area contributed by atoms with Crippen LogP contribution in [0, 0.1) is 0 Å². The molecule has 0 spiro atoms. The van der Waals surface area contributed by atoms with Gasteiger partial charge in [0.15, 0.2) is 5.69 Å². The molecule has 0 bridgehead atoms. The molecule has 10 heteroatoms. The van der Waals surface area contributed by atoms with Crippen molar-refractivity contribution in [2.75, 3.05) is 45.1 Å². The van der Waals surface area contributed by atoms with Gasteiger partial charge < -0.3 is 24.8 Å². The SMILES string of the molecule is COCCCN(C(=O)Cc1ccc(OC)cc1OC)c1c(N)n(Cc2ccccc2)c(=O)[nH]c1=O. The molecular formula is C25H30N4O6. The Hall–Kier alpha value is -4.05. The summed E-state index contributed by atoms with van der Waals surface area (Å²) in [4.78, 5) is 42.6. The molecule has 0 saturated heterocycles. The van der Waals surface area contributed by atoms with E-state index < -0.39 is 11.2 Å². The number of amides is 1. The van der Waals surface area contributed by atoms with Crippen LogP contribution >= 0.6 is 0 Å². The normalized spacial score (nSPS) is 10.7. The molecule has 186 valence electrons. The maximum absolute atomic E-state index is 13.5. The first-order chi connectivity index (χ1) is 16.9. The standard InChI is InChI=1S/C25H30N4O6/c1-33-13-7-12-28(21(30)14-18-10-11-19(34-2)15-20(18)35-3)22-23(26)29(25(32)27-24(22)31)16-17-8-5-4-6-9-17/h4-6,8-11,15H,7,12-14,16,26H2,1-3H3,(H,27,31,32). The van der Waals surface area contributed by atoms with E-state index in [1.54, 1.807) is 25.3 Å². The van der Waals surface area contributed by atoms with Gasteiger partial charge in [-0.3, -0.25) is 19.1 Å². The molecule has 1 amide bonds. The molecule has 0 unspecified atom stereocenters. The molecule has 2 aromatic carbocycles. The summed E-state index contributed by atoms with van der Waals surface area (Å²) < 4.78 is 17.0. The van der Waals surface area contributed by atoms with E-state index in [1.807, 2.05) is 30.3 Å². The highest BCUT2D eigenvalue weighted by atomic mass is 16.5. The number of carbonyl (C=O) groups excluding carboxylic acids is 1. The molecule has 0 atom stereocenters. The summed E-state index contributed by atoms with van der Waals surface area (Å²) in [6, 6.07) is 14.4. The van der Waals surface area contributed by atoms with E-state index in [9.17, 15) is 14.4 Å². The largest absolute Gasteiger partial charge is 0.497 e. The number of benzene rings is 2. The lowest BCUT2D eigenvalue weighted by atomic mass is 10.1. The highest BCUT2D eigenvalue weighted by molar-refractivity contribution is 5.97. The fraction of sp³-hybridized carbons (Fsp3) is 0.320. The summed E-state index contributed by atoms with van der Waals surface area (Å²) in [7, 11) is 4.59. The van der Waals surface area contributed by atoms with E-state index in [2.05, 4.69) is 4.98 Å². The van der Waals surface area contributed by atoms with Gasteiger partial charge in [-0.2, -0.15) is 0 Å². The number of nitrogens with one attached hydrogen (secondary N) is 1. The summed E-state index contributed by atoms with van der Waals surface area (Å²) >= 11 is 0. The fourth-order valence-electron chi connectivity index (χ4n) is 3.75. The zero-order valence-corrected chi connectivity index (χ0v) is 20.1. The van der Waals surface area contributed by atoms with Crippen LogP contribution in [-0.4, -0.2) is 49.9 Å². The van der Waals surface area contributed by atoms with Crippen molar-refractivity contribution in [2.45, 2.75) is 19.4 Å². The predicted molar refractivity (Wildman–Crippen MR) is 133 cm³/mol. The Kier molecular flexibility index (Phi) is 8.69. The number of hydrogen-bond acceptors (Lipinski definition) is 7. The number of aromatic amines is 1. The monoisotopic (exact) mass is 482 g/mol. The Balaban J connectivity index is 2.02. The molecule has 35 heavy (non-hydrogen) atoms. The highest BCUT2D eigenvalue weighted by Gasteiger charge is 2.25. The number of nitrogen functional groups attached to an aromatic ring is 1. The molecule has 0 aliphatic rings. The molecule has 3 aromatic rings. The molecular weight excluding hydrogens is 452 g/mol. The Bertz CT molecular complexity index is 1270. The molecule has 1 heterocycles. The minimum absolute atomic E-state index is 0.0587. The van der Waals surface area contributed by atoms with Crippen LogP contribution < -0.4 is 31.4 Å². The summed E-state index contributed by atoms with van der Waals surface area (Å²) in [5.41, 5.74) is 6.31. The zero-order chi connectivity index (χ0) is 25.4. The predicted octanol–water partition coefficient (Wildman–Crippen LogP) is 1.80. The molecule has 10 nitrogen and oxygen atoms in total. The van der Waals surface area contributed by atoms with Gasteiger partial charge in [-0.05, 0) is 18.1 Å². The van der Waals surface area contributed by atoms with E-state index in [0.717, 1.165) is 5.56 Å². The van der Waals surface area contributed by atoms with E-state index in [1.165, 1.54) is 23.7 Å². The average Bonchev–Trinajstić information content (AvgIpc) is 2.86. The number of nitrogens with zero attached hydrogens (tertiary/aromatic N) is 2. The van der Waals surface area contributed by atoms with E-state index in [-0.39, 0.29) is 36.9 Å². The average molecular weight is 483 g/mol. The van der Waals surface area contributed by atoms with Crippen LogP contribution in [0.4, 0.5) is 11.5 Å². The van der Waals surface area contributed by atoms with Gasteiger partial charge in [0, 0.05) is 31.9 Å². The van der Waals surface area contributed by atoms with Crippen molar-refractivity contribution < 1.29 is 19.0 Å². The lowest BCUT2D eigenvalue weighted by molar-refractivity contribution is -0.118. The topological polar surface area (TPSA) is 129 Å². The van der Waals surface area contributed by atoms with Crippen LogP contribution in [0.25, 0.3) is 0 Å². The summed E-state index contributed by atoms with van der Waals surface area (Å²) in [5, 5.41) is 0. The number of H-pyrrole nitrogens is 1. The van der Waals surface area contributed by atoms with E-state index in [4.69, 9.17) is 19.9 Å². The van der Waals surface area contributed by atoms with Crippen LogP contribution in [-0.2, 0) is 22.5 Å². The van der Waals surface area contributed by atoms with Gasteiger partial charge in [0.2, 0.25) is 5.91 Å². The Morgan fingerprint density at radius 1 is 1.06 bits per heavy atom. The van der Waals surface area contributed by atoms with Crippen LogP contribution in [0.1, 0.15) is 17.5 Å². The van der Waals surface area contributed by atoms with E-state index in [0.29, 0.717) is 30.1 Å². The fourth-order valence-corrected chi connectivity index (χ4v) is 3.75. The number of anilines is 2. The maximum atomic E-state index is 13.5. The van der Waals surface area contributed by atoms with Gasteiger partial charge >= 0.3 is 5.69 Å². The Labute approximate surface area is 202 Å². The van der Waals surface area contributed by atoms with E-state index >= 15 is 0 Å². The van der Waals surface area contributed by atoms with Crippen molar-refractivity contribution in [3.63, 3.8) is 0 Å². The second-order valence-corrected chi connectivity index (χ2v) is 7.81. The lowest BCUT2D eigenvalue weighted by Gasteiger charge is -2.25. The number of aromatic nitrogens is 2. The number of ether oxygens (including phenoxy) is 3. The van der Waals surface area contributed by atoms with Crippen LogP contribution in [0.2, 0.25) is 0 Å². The lowest BCUT2D eigenvalue weighted by Crippen LogP contribution is -2.42. The quantitative estimate of drug-likeness (QED) is 0.399. The summed E-state index contributed by atoms with van der Waals surface area (Å²) in [6.07, 6.45) is 0.398. The Morgan fingerprint density at radius 3 is 2.46 bits per heavy atom. The van der Waals surface area contributed by atoms with Crippen molar-refractivity contribution in [1.29, 1.82) is 0 Å². The number of rotatable bonds is 11. The summed E-state index contributed by atoms with van der Waals surface area (Å²) in [5.74, 6) is 0.593. The van der Waals surface area contributed by atoms with Gasteiger partial charge in [-0.1, -0.05) is 36.4 Å². The van der Waals surface area contributed by atoms with Crippen LogP contribution in [0.5, 0.6) is 11.5 Å². The molecule has 0 fully saturated rings.